The first-order chi connectivity index (χ1) is 12.6. The van der Waals surface area contributed by atoms with Gasteiger partial charge in [-0.2, -0.15) is 8.78 Å². The molecular formula is C18H28F2IN3O3. The Hall–Kier alpha value is -1.20. The summed E-state index contributed by atoms with van der Waals surface area (Å²) in [6, 6.07) is 5.09. The molecule has 0 aromatic heterocycles. The summed E-state index contributed by atoms with van der Waals surface area (Å²) in [5.41, 5.74) is 1.61. The minimum absolute atomic E-state index is 0. The van der Waals surface area contributed by atoms with Crippen molar-refractivity contribution in [3.63, 3.8) is 0 Å². The second-order valence-electron chi connectivity index (χ2n) is 6.05. The molecule has 27 heavy (non-hydrogen) atoms. The minimum atomic E-state index is -2.85. The molecule has 154 valence electrons. The van der Waals surface area contributed by atoms with E-state index in [1.165, 1.54) is 0 Å². The Morgan fingerprint density at radius 2 is 2.19 bits per heavy atom. The highest BCUT2D eigenvalue weighted by molar-refractivity contribution is 14.0. The second-order valence-corrected chi connectivity index (χ2v) is 6.05. The Kier molecular flexibility index (Phi) is 11.5. The molecule has 1 atom stereocenters. The number of nitrogens with one attached hydrogen (secondary N) is 2. The van der Waals surface area contributed by atoms with Crippen LogP contribution in [0.2, 0.25) is 0 Å². The molecule has 2 N–H and O–H groups in total. The van der Waals surface area contributed by atoms with E-state index < -0.39 is 6.61 Å². The maximum Gasteiger partial charge on any atom is 0.387 e. The summed E-state index contributed by atoms with van der Waals surface area (Å²) < 4.78 is 40.7. The third-order valence-corrected chi connectivity index (χ3v) is 3.97. The van der Waals surface area contributed by atoms with E-state index in [4.69, 9.17) is 9.47 Å². The predicted molar refractivity (Wildman–Crippen MR) is 111 cm³/mol. The van der Waals surface area contributed by atoms with Crippen LogP contribution in [0.15, 0.2) is 23.2 Å². The molecule has 1 aliphatic heterocycles. The van der Waals surface area contributed by atoms with Crippen molar-refractivity contribution in [3.05, 3.63) is 29.3 Å². The molecule has 1 fully saturated rings. The lowest BCUT2D eigenvalue weighted by Gasteiger charge is -2.15. The molecule has 9 heteroatoms. The number of halogens is 3. The Morgan fingerprint density at radius 1 is 1.37 bits per heavy atom. The number of aliphatic imine (C=N–C) groups is 1. The largest absolute Gasteiger partial charge is 0.434 e. The van der Waals surface area contributed by atoms with Gasteiger partial charge in [-0.05, 0) is 25.8 Å². The molecule has 0 bridgehead atoms. The van der Waals surface area contributed by atoms with Gasteiger partial charge in [0.15, 0.2) is 5.96 Å². The van der Waals surface area contributed by atoms with Crippen LogP contribution in [-0.4, -0.2) is 52.1 Å². The first kappa shape index (κ1) is 23.8. The zero-order chi connectivity index (χ0) is 18.8. The van der Waals surface area contributed by atoms with Crippen molar-refractivity contribution in [3.8, 4) is 5.75 Å². The zero-order valence-corrected chi connectivity index (χ0v) is 18.0. The molecule has 1 aromatic carbocycles. The first-order valence-corrected chi connectivity index (χ1v) is 8.76. The predicted octanol–water partition coefficient (Wildman–Crippen LogP) is 3.08. The van der Waals surface area contributed by atoms with Crippen LogP contribution in [-0.2, 0) is 16.0 Å². The van der Waals surface area contributed by atoms with Crippen LogP contribution in [0.25, 0.3) is 0 Å². The van der Waals surface area contributed by atoms with E-state index in [-0.39, 0.29) is 35.8 Å². The van der Waals surface area contributed by atoms with E-state index in [1.54, 1.807) is 19.2 Å². The minimum Gasteiger partial charge on any atom is -0.434 e. The molecule has 1 saturated heterocycles. The summed E-state index contributed by atoms with van der Waals surface area (Å²) in [5, 5.41) is 6.22. The lowest BCUT2D eigenvalue weighted by Crippen LogP contribution is -2.38. The van der Waals surface area contributed by atoms with Gasteiger partial charge in [0.2, 0.25) is 0 Å². The average Bonchev–Trinajstić information content (AvgIpc) is 3.12. The summed E-state index contributed by atoms with van der Waals surface area (Å²) >= 11 is 0. The summed E-state index contributed by atoms with van der Waals surface area (Å²) in [6.07, 6.45) is 2.36. The number of hydrogen-bond donors (Lipinski definition) is 2. The summed E-state index contributed by atoms with van der Waals surface area (Å²) in [7, 11) is 1.65. The SMILES string of the molecule is CN=C(NCCOCC1CCCO1)NCc1cc(C)ccc1OC(F)F.I. The summed E-state index contributed by atoms with van der Waals surface area (Å²) in [5.74, 6) is 0.726. The van der Waals surface area contributed by atoms with Gasteiger partial charge in [0.1, 0.15) is 5.75 Å². The highest BCUT2D eigenvalue weighted by Gasteiger charge is 2.15. The van der Waals surface area contributed by atoms with Crippen LogP contribution in [0.5, 0.6) is 5.75 Å². The van der Waals surface area contributed by atoms with E-state index in [9.17, 15) is 8.78 Å². The van der Waals surface area contributed by atoms with Crippen molar-refractivity contribution in [1.29, 1.82) is 0 Å². The van der Waals surface area contributed by atoms with Gasteiger partial charge in [0, 0.05) is 32.3 Å². The number of rotatable bonds is 9. The molecule has 1 unspecified atom stereocenters. The van der Waals surface area contributed by atoms with Crippen LogP contribution in [0.3, 0.4) is 0 Å². The molecule has 1 aliphatic rings. The van der Waals surface area contributed by atoms with Crippen LogP contribution in [0, 0.1) is 6.92 Å². The standard InChI is InChI=1S/C18H27F2N3O3.HI/c1-13-5-6-16(26-17(19)20)14(10-13)11-23-18(21-2)22-7-9-24-12-15-4-3-8-25-15;/h5-6,10,15,17H,3-4,7-9,11-12H2,1-2H3,(H2,21,22,23);1H. The highest BCUT2D eigenvalue weighted by atomic mass is 127. The van der Waals surface area contributed by atoms with Gasteiger partial charge in [-0.25, -0.2) is 0 Å². The topological polar surface area (TPSA) is 64.1 Å². The van der Waals surface area contributed by atoms with Gasteiger partial charge in [-0.15, -0.1) is 24.0 Å². The number of hydrogen-bond acceptors (Lipinski definition) is 4. The van der Waals surface area contributed by atoms with Crippen molar-refractivity contribution >= 4 is 29.9 Å². The lowest BCUT2D eigenvalue weighted by atomic mass is 10.1. The first-order valence-electron chi connectivity index (χ1n) is 8.76. The van der Waals surface area contributed by atoms with E-state index in [2.05, 4.69) is 20.4 Å². The zero-order valence-electron chi connectivity index (χ0n) is 15.7. The number of alkyl halides is 2. The maximum absolute atomic E-state index is 12.5. The second kappa shape index (κ2) is 13.1. The van der Waals surface area contributed by atoms with Gasteiger partial charge in [0.25, 0.3) is 0 Å². The molecule has 0 aliphatic carbocycles. The average molecular weight is 499 g/mol. The van der Waals surface area contributed by atoms with Gasteiger partial charge in [-0.3, -0.25) is 4.99 Å². The molecule has 1 aromatic rings. The van der Waals surface area contributed by atoms with Gasteiger partial charge in [0.05, 0.1) is 19.3 Å². The smallest absolute Gasteiger partial charge is 0.387 e. The number of benzene rings is 1. The van der Waals surface area contributed by atoms with E-state index in [1.807, 2.05) is 13.0 Å². The fourth-order valence-corrected chi connectivity index (χ4v) is 2.69. The fourth-order valence-electron chi connectivity index (χ4n) is 2.69. The molecule has 0 spiro atoms. The van der Waals surface area contributed by atoms with Crippen molar-refractivity contribution < 1.29 is 23.0 Å². The third-order valence-electron chi connectivity index (χ3n) is 3.97. The maximum atomic E-state index is 12.5. The molecule has 0 saturated carbocycles. The number of ether oxygens (including phenoxy) is 3. The molecular weight excluding hydrogens is 471 g/mol. The van der Waals surface area contributed by atoms with Crippen molar-refractivity contribution in [1.82, 2.24) is 10.6 Å². The van der Waals surface area contributed by atoms with E-state index >= 15 is 0 Å². The summed E-state index contributed by atoms with van der Waals surface area (Å²) in [6.45, 7) is 1.90. The number of aryl methyl sites for hydroxylation is 1. The molecule has 0 amide bonds. The molecule has 0 radical (unpaired) electrons. The van der Waals surface area contributed by atoms with Gasteiger partial charge >= 0.3 is 6.61 Å². The monoisotopic (exact) mass is 499 g/mol. The van der Waals surface area contributed by atoms with Crippen LogP contribution in [0.4, 0.5) is 8.78 Å². The summed E-state index contributed by atoms with van der Waals surface area (Å²) in [4.78, 5) is 4.12. The fraction of sp³-hybridized carbons (Fsp3) is 0.611. The van der Waals surface area contributed by atoms with Crippen molar-refractivity contribution in [2.45, 2.75) is 39.0 Å². The molecule has 6 nitrogen and oxygen atoms in total. The Balaban J connectivity index is 0.00000364. The molecule has 2 rings (SSSR count). The Morgan fingerprint density at radius 3 is 2.85 bits per heavy atom. The van der Waals surface area contributed by atoms with Crippen molar-refractivity contribution in [2.75, 3.05) is 33.4 Å². The Labute approximate surface area is 176 Å². The Bertz CT molecular complexity index is 585. The van der Waals surface area contributed by atoms with E-state index in [0.29, 0.717) is 37.8 Å². The van der Waals surface area contributed by atoms with Gasteiger partial charge < -0.3 is 24.8 Å². The normalized spacial score (nSPS) is 16.9. The third kappa shape index (κ3) is 9.02. The van der Waals surface area contributed by atoms with Crippen molar-refractivity contribution in [2.24, 2.45) is 4.99 Å². The van der Waals surface area contributed by atoms with Crippen LogP contribution < -0.4 is 15.4 Å². The van der Waals surface area contributed by atoms with Crippen LogP contribution in [0.1, 0.15) is 24.0 Å². The molecule has 1 heterocycles. The van der Waals surface area contributed by atoms with Gasteiger partial charge in [-0.1, -0.05) is 17.7 Å². The van der Waals surface area contributed by atoms with E-state index in [0.717, 1.165) is 25.0 Å². The highest BCUT2D eigenvalue weighted by Crippen LogP contribution is 2.21. The quantitative estimate of drug-likeness (QED) is 0.237. The lowest BCUT2D eigenvalue weighted by molar-refractivity contribution is -0.0504. The van der Waals surface area contributed by atoms with Crippen LogP contribution >= 0.6 is 24.0 Å². The number of guanidine groups is 1. The number of nitrogens with zero attached hydrogens (tertiary/aromatic N) is 1.